The van der Waals surface area contributed by atoms with Gasteiger partial charge in [-0.1, -0.05) is 0 Å². The zero-order valence-electron chi connectivity index (χ0n) is 12.0. The first-order valence-electron chi connectivity index (χ1n) is 7.27. The summed E-state index contributed by atoms with van der Waals surface area (Å²) in [4.78, 5) is 16.8. The summed E-state index contributed by atoms with van der Waals surface area (Å²) in [5.74, 6) is 0.262. The number of hydrogen-bond acceptors (Lipinski definition) is 4. The summed E-state index contributed by atoms with van der Waals surface area (Å²) in [5, 5.41) is 4.09. The predicted octanol–water partition coefficient (Wildman–Crippen LogP) is 1.61. The van der Waals surface area contributed by atoms with Crippen molar-refractivity contribution in [1.82, 2.24) is 9.80 Å². The Balaban J connectivity index is 1.56. The maximum atomic E-state index is 12.3. The Kier molecular flexibility index (Phi) is 4.10. The van der Waals surface area contributed by atoms with Gasteiger partial charge in [0, 0.05) is 25.2 Å². The lowest BCUT2D eigenvalue weighted by Crippen LogP contribution is -2.60. The molecule has 0 saturated carbocycles. The summed E-state index contributed by atoms with van der Waals surface area (Å²) in [6.45, 7) is 4.37. The maximum absolute atomic E-state index is 12.3. The van der Waals surface area contributed by atoms with Gasteiger partial charge in [-0.15, -0.1) is 0 Å². The number of piperidine rings is 1. The second kappa shape index (κ2) is 5.84. The van der Waals surface area contributed by atoms with Crippen LogP contribution in [0, 0.1) is 0 Å². The summed E-state index contributed by atoms with van der Waals surface area (Å²) >= 11 is 1.65. The van der Waals surface area contributed by atoms with Gasteiger partial charge in [-0.25, -0.2) is 0 Å². The van der Waals surface area contributed by atoms with E-state index in [-0.39, 0.29) is 11.4 Å². The zero-order chi connectivity index (χ0) is 14.0. The highest BCUT2D eigenvalue weighted by Gasteiger charge is 2.41. The monoisotopic (exact) mass is 294 g/mol. The molecule has 1 amide bonds. The molecular formula is C15H22N2O2S. The molecule has 5 heteroatoms. The van der Waals surface area contributed by atoms with Gasteiger partial charge in [0.25, 0.3) is 0 Å². The SMILES string of the molecule is CN1CCOCC12CCN(C(=O)Cc1ccsc1)CC2. The molecule has 0 aromatic carbocycles. The van der Waals surface area contributed by atoms with Gasteiger partial charge in [-0.05, 0) is 42.3 Å². The number of likely N-dealkylation sites (N-methyl/N-ethyl adjacent to an activating group) is 1. The highest BCUT2D eigenvalue weighted by Crippen LogP contribution is 2.30. The second-order valence-electron chi connectivity index (χ2n) is 5.89. The molecule has 3 heterocycles. The average molecular weight is 294 g/mol. The number of carbonyl (C=O) groups excluding carboxylic acids is 1. The van der Waals surface area contributed by atoms with Crippen molar-refractivity contribution < 1.29 is 9.53 Å². The van der Waals surface area contributed by atoms with E-state index in [9.17, 15) is 4.79 Å². The topological polar surface area (TPSA) is 32.8 Å². The van der Waals surface area contributed by atoms with Crippen LogP contribution in [0.15, 0.2) is 16.8 Å². The summed E-state index contributed by atoms with van der Waals surface area (Å²) in [6, 6.07) is 2.04. The van der Waals surface area contributed by atoms with E-state index in [0.29, 0.717) is 6.42 Å². The number of likely N-dealkylation sites (tertiary alicyclic amines) is 1. The van der Waals surface area contributed by atoms with E-state index in [0.717, 1.165) is 51.3 Å². The molecule has 0 N–H and O–H groups in total. The number of hydrogen-bond donors (Lipinski definition) is 0. The molecule has 0 bridgehead atoms. The molecule has 1 aromatic heterocycles. The van der Waals surface area contributed by atoms with Gasteiger partial charge < -0.3 is 9.64 Å². The summed E-state index contributed by atoms with van der Waals surface area (Å²) in [7, 11) is 2.19. The minimum absolute atomic E-state index is 0.164. The fourth-order valence-electron chi connectivity index (χ4n) is 3.19. The van der Waals surface area contributed by atoms with Crippen LogP contribution in [0.3, 0.4) is 0 Å². The number of ether oxygens (including phenoxy) is 1. The van der Waals surface area contributed by atoms with E-state index < -0.39 is 0 Å². The van der Waals surface area contributed by atoms with E-state index >= 15 is 0 Å². The van der Waals surface area contributed by atoms with E-state index in [4.69, 9.17) is 4.74 Å². The lowest BCUT2D eigenvalue weighted by molar-refractivity contribution is -0.136. The van der Waals surface area contributed by atoms with Crippen LogP contribution >= 0.6 is 11.3 Å². The molecule has 0 unspecified atom stereocenters. The quantitative estimate of drug-likeness (QED) is 0.831. The summed E-state index contributed by atoms with van der Waals surface area (Å²) in [5.41, 5.74) is 1.30. The molecule has 0 radical (unpaired) electrons. The van der Waals surface area contributed by atoms with Gasteiger partial charge in [0.05, 0.1) is 19.6 Å². The third-order valence-electron chi connectivity index (χ3n) is 4.73. The van der Waals surface area contributed by atoms with Gasteiger partial charge in [-0.2, -0.15) is 11.3 Å². The molecule has 2 aliphatic rings. The van der Waals surface area contributed by atoms with Crippen molar-refractivity contribution in [1.29, 1.82) is 0 Å². The van der Waals surface area contributed by atoms with Crippen LogP contribution in [0.4, 0.5) is 0 Å². The van der Waals surface area contributed by atoms with Crippen molar-refractivity contribution in [3.63, 3.8) is 0 Å². The van der Waals surface area contributed by atoms with Gasteiger partial charge in [0.1, 0.15) is 0 Å². The van der Waals surface area contributed by atoms with Crippen molar-refractivity contribution in [2.45, 2.75) is 24.8 Å². The molecule has 20 heavy (non-hydrogen) atoms. The number of morpholine rings is 1. The highest BCUT2D eigenvalue weighted by atomic mass is 32.1. The Morgan fingerprint density at radius 1 is 1.40 bits per heavy atom. The Bertz CT molecular complexity index is 452. The van der Waals surface area contributed by atoms with Crippen LogP contribution in [0.1, 0.15) is 18.4 Å². The minimum Gasteiger partial charge on any atom is -0.378 e. The highest BCUT2D eigenvalue weighted by molar-refractivity contribution is 7.07. The van der Waals surface area contributed by atoms with Crippen LogP contribution in [0.5, 0.6) is 0 Å². The van der Waals surface area contributed by atoms with Crippen LogP contribution in [0.25, 0.3) is 0 Å². The maximum Gasteiger partial charge on any atom is 0.227 e. The molecule has 2 aliphatic heterocycles. The van der Waals surface area contributed by atoms with E-state index in [1.807, 2.05) is 16.3 Å². The first-order chi connectivity index (χ1) is 9.70. The van der Waals surface area contributed by atoms with Crippen LogP contribution < -0.4 is 0 Å². The molecule has 1 spiro atoms. The van der Waals surface area contributed by atoms with Gasteiger partial charge >= 0.3 is 0 Å². The number of carbonyl (C=O) groups is 1. The van der Waals surface area contributed by atoms with Gasteiger partial charge in [0.15, 0.2) is 0 Å². The number of rotatable bonds is 2. The van der Waals surface area contributed by atoms with Crippen molar-refractivity contribution >= 4 is 17.2 Å². The smallest absolute Gasteiger partial charge is 0.227 e. The molecule has 0 atom stereocenters. The summed E-state index contributed by atoms with van der Waals surface area (Å²) in [6.07, 6.45) is 2.60. The minimum atomic E-state index is 0.164. The first kappa shape index (κ1) is 14.0. The molecule has 3 rings (SSSR count). The standard InChI is InChI=1S/C15H22N2O2S/c1-16-7-8-19-12-15(16)3-5-17(6-4-15)14(18)10-13-2-9-20-11-13/h2,9,11H,3-8,10,12H2,1H3. The molecular weight excluding hydrogens is 272 g/mol. The van der Waals surface area contributed by atoms with Crippen molar-refractivity contribution in [3.05, 3.63) is 22.4 Å². The summed E-state index contributed by atoms with van der Waals surface area (Å²) < 4.78 is 5.67. The number of amides is 1. The molecule has 0 aliphatic carbocycles. The van der Waals surface area contributed by atoms with Crippen LogP contribution in [-0.2, 0) is 16.0 Å². The fourth-order valence-corrected chi connectivity index (χ4v) is 3.86. The molecule has 4 nitrogen and oxygen atoms in total. The second-order valence-corrected chi connectivity index (χ2v) is 6.67. The average Bonchev–Trinajstić information content (AvgIpc) is 2.96. The molecule has 2 fully saturated rings. The van der Waals surface area contributed by atoms with Crippen LogP contribution in [-0.4, -0.2) is 61.1 Å². The largest absolute Gasteiger partial charge is 0.378 e. The first-order valence-corrected chi connectivity index (χ1v) is 8.22. The Labute approximate surface area is 124 Å². The van der Waals surface area contributed by atoms with Gasteiger partial charge in [-0.3, -0.25) is 9.69 Å². The van der Waals surface area contributed by atoms with Gasteiger partial charge in [0.2, 0.25) is 5.91 Å². The van der Waals surface area contributed by atoms with E-state index in [1.54, 1.807) is 11.3 Å². The fraction of sp³-hybridized carbons (Fsp3) is 0.667. The normalized spacial score (nSPS) is 23.1. The zero-order valence-corrected chi connectivity index (χ0v) is 12.8. The third kappa shape index (κ3) is 2.75. The van der Waals surface area contributed by atoms with E-state index in [1.165, 1.54) is 0 Å². The third-order valence-corrected chi connectivity index (χ3v) is 5.47. The Morgan fingerprint density at radius 2 is 2.20 bits per heavy atom. The lowest BCUT2D eigenvalue weighted by atomic mass is 9.85. The van der Waals surface area contributed by atoms with E-state index in [2.05, 4.69) is 17.3 Å². The molecule has 1 aromatic rings. The Morgan fingerprint density at radius 3 is 2.85 bits per heavy atom. The molecule has 110 valence electrons. The van der Waals surface area contributed by atoms with Crippen LogP contribution in [0.2, 0.25) is 0 Å². The number of nitrogens with zero attached hydrogens (tertiary/aromatic N) is 2. The van der Waals surface area contributed by atoms with Crippen molar-refractivity contribution in [2.75, 3.05) is 39.9 Å². The molecule has 2 saturated heterocycles. The lowest BCUT2D eigenvalue weighted by Gasteiger charge is -2.49. The number of thiophene rings is 1. The van der Waals surface area contributed by atoms with Crippen molar-refractivity contribution in [3.8, 4) is 0 Å². The Hall–Kier alpha value is -0.910. The predicted molar refractivity (Wildman–Crippen MR) is 80.0 cm³/mol. The van der Waals surface area contributed by atoms with Crippen molar-refractivity contribution in [2.24, 2.45) is 0 Å².